The molecule has 1 saturated heterocycles. The van der Waals surface area contributed by atoms with Crippen LogP contribution in [-0.2, 0) is 0 Å². The maximum atomic E-state index is 11.9. The van der Waals surface area contributed by atoms with E-state index in [4.69, 9.17) is 23.2 Å². The minimum absolute atomic E-state index is 0.0592. The van der Waals surface area contributed by atoms with Crippen LogP contribution in [0.1, 0.15) is 29.6 Å². The minimum atomic E-state index is -0.297. The Morgan fingerprint density at radius 3 is 2.65 bits per heavy atom. The van der Waals surface area contributed by atoms with Crippen LogP contribution in [0.5, 0.6) is 0 Å². The molecule has 0 atom stereocenters. The van der Waals surface area contributed by atoms with Crippen LogP contribution >= 0.6 is 23.2 Å². The molecule has 0 spiro atoms. The first-order valence-corrected chi connectivity index (χ1v) is 6.17. The lowest BCUT2D eigenvalue weighted by Crippen LogP contribution is -2.45. The third-order valence-electron chi connectivity index (χ3n) is 2.58. The number of halogens is 2. The summed E-state index contributed by atoms with van der Waals surface area (Å²) in [7, 11) is 0. The Morgan fingerprint density at radius 1 is 1.24 bits per heavy atom. The average molecular weight is 275 g/mol. The van der Waals surface area contributed by atoms with Crippen molar-refractivity contribution in [2.75, 3.05) is 13.1 Å². The summed E-state index contributed by atoms with van der Waals surface area (Å²) in [6.45, 7) is 1.71. The van der Waals surface area contributed by atoms with E-state index in [0.29, 0.717) is 0 Å². The van der Waals surface area contributed by atoms with Gasteiger partial charge in [0.2, 0.25) is 0 Å². The summed E-state index contributed by atoms with van der Waals surface area (Å²) in [4.78, 5) is 11.9. The molecule has 1 N–H and O–H groups in total. The largest absolute Gasteiger partial charge is 0.285 e. The predicted octanol–water partition coefficient (Wildman–Crippen LogP) is 1.91. The molecular weight excluding hydrogens is 263 g/mol. The number of aromatic nitrogens is 2. The Hall–Kier alpha value is -0.910. The Balaban J connectivity index is 2.05. The summed E-state index contributed by atoms with van der Waals surface area (Å²) < 4.78 is 0. The Kier molecular flexibility index (Phi) is 4.15. The lowest BCUT2D eigenvalue weighted by molar-refractivity contribution is 0.0749. The number of hydrazine groups is 1. The molecule has 2 heterocycles. The van der Waals surface area contributed by atoms with Gasteiger partial charge in [-0.25, -0.2) is 5.01 Å². The molecular formula is C10H12Cl2N4O. The lowest BCUT2D eigenvalue weighted by Gasteiger charge is -2.26. The van der Waals surface area contributed by atoms with Crippen LogP contribution < -0.4 is 5.43 Å². The molecule has 92 valence electrons. The van der Waals surface area contributed by atoms with Gasteiger partial charge in [0.1, 0.15) is 0 Å². The fourth-order valence-corrected chi connectivity index (χ4v) is 2.05. The van der Waals surface area contributed by atoms with Crippen LogP contribution in [0.25, 0.3) is 0 Å². The molecule has 0 radical (unpaired) electrons. The van der Waals surface area contributed by atoms with Gasteiger partial charge >= 0.3 is 0 Å². The molecule has 0 bridgehead atoms. The number of rotatable bonds is 2. The normalized spacial score (nSPS) is 16.8. The SMILES string of the molecule is O=C(NN1CCCCC1)c1cc(Cl)nnc1Cl. The van der Waals surface area contributed by atoms with Crippen molar-refractivity contribution in [2.24, 2.45) is 0 Å². The van der Waals surface area contributed by atoms with Crippen LogP contribution in [0.15, 0.2) is 6.07 Å². The van der Waals surface area contributed by atoms with Crippen molar-refractivity contribution in [3.63, 3.8) is 0 Å². The first kappa shape index (κ1) is 12.5. The molecule has 1 amide bonds. The van der Waals surface area contributed by atoms with E-state index in [-0.39, 0.29) is 21.8 Å². The standard InChI is InChI=1S/C10H12Cl2N4O/c11-8-6-7(9(12)14-13-8)10(17)15-16-4-2-1-3-5-16/h6H,1-5H2,(H,15,17). The Bertz CT molecular complexity index is 421. The number of carbonyl (C=O) groups is 1. The maximum absolute atomic E-state index is 11.9. The molecule has 17 heavy (non-hydrogen) atoms. The summed E-state index contributed by atoms with van der Waals surface area (Å²) in [5.74, 6) is -0.297. The molecule has 1 aliphatic heterocycles. The third-order valence-corrected chi connectivity index (χ3v) is 3.04. The van der Waals surface area contributed by atoms with E-state index in [1.165, 1.54) is 12.5 Å². The highest BCUT2D eigenvalue weighted by Crippen LogP contribution is 2.15. The smallest absolute Gasteiger partial charge is 0.268 e. The quantitative estimate of drug-likeness (QED) is 0.895. The fraction of sp³-hybridized carbons (Fsp3) is 0.500. The molecule has 5 nitrogen and oxygen atoms in total. The first-order chi connectivity index (χ1) is 8.16. The van der Waals surface area contributed by atoms with Gasteiger partial charge in [-0.1, -0.05) is 29.6 Å². The zero-order chi connectivity index (χ0) is 12.3. The highest BCUT2D eigenvalue weighted by Gasteiger charge is 2.17. The highest BCUT2D eigenvalue weighted by molar-refractivity contribution is 6.34. The van der Waals surface area contributed by atoms with E-state index in [0.717, 1.165) is 25.9 Å². The summed E-state index contributed by atoms with van der Waals surface area (Å²) in [5, 5.41) is 9.25. The monoisotopic (exact) mass is 274 g/mol. The zero-order valence-electron chi connectivity index (χ0n) is 9.12. The topological polar surface area (TPSA) is 58.1 Å². The molecule has 1 aromatic heterocycles. The average Bonchev–Trinajstić information content (AvgIpc) is 2.33. The van der Waals surface area contributed by atoms with Gasteiger partial charge in [-0.05, 0) is 18.9 Å². The van der Waals surface area contributed by atoms with Gasteiger partial charge in [0.25, 0.3) is 5.91 Å². The van der Waals surface area contributed by atoms with Crippen LogP contribution in [0.4, 0.5) is 0 Å². The van der Waals surface area contributed by atoms with Crippen LogP contribution in [0.3, 0.4) is 0 Å². The van der Waals surface area contributed by atoms with Crippen molar-refractivity contribution in [1.29, 1.82) is 0 Å². The summed E-state index contributed by atoms with van der Waals surface area (Å²) >= 11 is 11.5. The van der Waals surface area contributed by atoms with Crippen molar-refractivity contribution in [1.82, 2.24) is 20.6 Å². The number of hydrogen-bond donors (Lipinski definition) is 1. The first-order valence-electron chi connectivity index (χ1n) is 5.41. The van der Waals surface area contributed by atoms with Crippen LogP contribution in [0, 0.1) is 0 Å². The Labute approximate surface area is 109 Å². The molecule has 1 aliphatic rings. The highest BCUT2D eigenvalue weighted by atomic mass is 35.5. The molecule has 0 aliphatic carbocycles. The second-order valence-corrected chi connectivity index (χ2v) is 4.61. The number of piperidine rings is 1. The van der Waals surface area contributed by atoms with Crippen LogP contribution in [0.2, 0.25) is 10.3 Å². The minimum Gasteiger partial charge on any atom is -0.285 e. The van der Waals surface area contributed by atoms with E-state index in [2.05, 4.69) is 15.6 Å². The summed E-state index contributed by atoms with van der Waals surface area (Å²) in [6, 6.07) is 1.41. The third kappa shape index (κ3) is 3.28. The van der Waals surface area contributed by atoms with E-state index >= 15 is 0 Å². The zero-order valence-corrected chi connectivity index (χ0v) is 10.6. The Morgan fingerprint density at radius 2 is 1.94 bits per heavy atom. The van der Waals surface area contributed by atoms with Gasteiger partial charge < -0.3 is 0 Å². The van der Waals surface area contributed by atoms with Crippen molar-refractivity contribution in [3.05, 3.63) is 21.9 Å². The van der Waals surface area contributed by atoms with E-state index < -0.39 is 0 Å². The number of nitrogens with zero attached hydrogens (tertiary/aromatic N) is 3. The van der Waals surface area contributed by atoms with Gasteiger partial charge in [-0.2, -0.15) is 0 Å². The number of amides is 1. The molecule has 1 fully saturated rings. The van der Waals surface area contributed by atoms with E-state index in [1.54, 1.807) is 0 Å². The second kappa shape index (κ2) is 5.62. The molecule has 0 saturated carbocycles. The van der Waals surface area contributed by atoms with E-state index in [1.807, 2.05) is 5.01 Å². The molecule has 7 heteroatoms. The van der Waals surface area contributed by atoms with Crippen LogP contribution in [-0.4, -0.2) is 34.2 Å². The van der Waals surface area contributed by atoms with Crippen molar-refractivity contribution < 1.29 is 4.79 Å². The van der Waals surface area contributed by atoms with Crippen molar-refractivity contribution in [2.45, 2.75) is 19.3 Å². The summed E-state index contributed by atoms with van der Waals surface area (Å²) in [5.41, 5.74) is 3.03. The second-order valence-electron chi connectivity index (χ2n) is 3.86. The van der Waals surface area contributed by atoms with Gasteiger partial charge in [0.05, 0.1) is 5.56 Å². The molecule has 2 rings (SSSR count). The summed E-state index contributed by atoms with van der Waals surface area (Å²) in [6.07, 6.45) is 3.38. The fourth-order valence-electron chi connectivity index (χ4n) is 1.72. The van der Waals surface area contributed by atoms with Gasteiger partial charge in [-0.15, -0.1) is 10.2 Å². The molecule has 0 aromatic carbocycles. The van der Waals surface area contributed by atoms with Gasteiger partial charge in [0.15, 0.2) is 10.3 Å². The van der Waals surface area contributed by atoms with Gasteiger partial charge in [0, 0.05) is 13.1 Å². The predicted molar refractivity (Wildman–Crippen MR) is 64.9 cm³/mol. The van der Waals surface area contributed by atoms with E-state index in [9.17, 15) is 4.79 Å². The van der Waals surface area contributed by atoms with Crippen molar-refractivity contribution >= 4 is 29.1 Å². The van der Waals surface area contributed by atoms with Gasteiger partial charge in [-0.3, -0.25) is 10.2 Å². The lowest BCUT2D eigenvalue weighted by atomic mass is 10.2. The number of carbonyl (C=O) groups excluding carboxylic acids is 1. The molecule has 0 unspecified atom stereocenters. The van der Waals surface area contributed by atoms with Crippen molar-refractivity contribution in [3.8, 4) is 0 Å². The maximum Gasteiger partial charge on any atom is 0.268 e. The molecule has 1 aromatic rings. The number of nitrogens with one attached hydrogen (secondary N) is 1. The number of hydrogen-bond acceptors (Lipinski definition) is 4.